The van der Waals surface area contributed by atoms with Gasteiger partial charge in [-0.1, -0.05) is 12.8 Å². The SMILES string of the molecule is CN(CCCCl)S(=O)(=O)N1CCCC2CCCCC21. The van der Waals surface area contributed by atoms with E-state index in [9.17, 15) is 8.42 Å². The first kappa shape index (κ1) is 15.5. The van der Waals surface area contributed by atoms with E-state index in [1.807, 2.05) is 0 Å². The highest BCUT2D eigenvalue weighted by Crippen LogP contribution is 2.37. The van der Waals surface area contributed by atoms with Crippen LogP contribution in [0.3, 0.4) is 0 Å². The maximum Gasteiger partial charge on any atom is 0.281 e. The number of hydrogen-bond acceptors (Lipinski definition) is 2. The van der Waals surface area contributed by atoms with Crippen molar-refractivity contribution in [1.29, 1.82) is 0 Å². The van der Waals surface area contributed by atoms with Gasteiger partial charge >= 0.3 is 0 Å². The van der Waals surface area contributed by atoms with Crippen LogP contribution in [0.15, 0.2) is 0 Å². The largest absolute Gasteiger partial charge is 0.281 e. The van der Waals surface area contributed by atoms with Gasteiger partial charge in [-0.3, -0.25) is 0 Å². The molecular weight excluding hydrogens is 284 g/mol. The molecule has 112 valence electrons. The average Bonchev–Trinajstić information content (AvgIpc) is 2.43. The summed E-state index contributed by atoms with van der Waals surface area (Å²) in [6.45, 7) is 1.20. The van der Waals surface area contributed by atoms with Crippen molar-refractivity contribution in [1.82, 2.24) is 8.61 Å². The van der Waals surface area contributed by atoms with Crippen LogP contribution in [0.1, 0.15) is 44.9 Å². The third-order valence-electron chi connectivity index (χ3n) is 4.49. The fourth-order valence-corrected chi connectivity index (χ4v) is 5.26. The third kappa shape index (κ3) is 3.43. The van der Waals surface area contributed by atoms with E-state index in [1.54, 1.807) is 11.4 Å². The molecular formula is C13H25ClN2O2S. The Bertz CT molecular complexity index is 386. The van der Waals surface area contributed by atoms with Crippen LogP contribution in [0.2, 0.25) is 0 Å². The fourth-order valence-electron chi connectivity index (χ4n) is 3.44. The predicted molar refractivity (Wildman–Crippen MR) is 78.6 cm³/mol. The van der Waals surface area contributed by atoms with Crippen molar-refractivity contribution in [2.75, 3.05) is 26.0 Å². The summed E-state index contributed by atoms with van der Waals surface area (Å²) >= 11 is 5.66. The van der Waals surface area contributed by atoms with Gasteiger partial charge in [0.05, 0.1) is 0 Å². The Balaban J connectivity index is 2.09. The standard InChI is InChI=1S/C13H25ClN2O2S/c1-15(10-5-9-14)19(17,18)16-11-4-7-12-6-2-3-8-13(12)16/h12-13H,2-11H2,1H3. The second-order valence-corrected chi connectivity index (χ2v) is 8.10. The number of piperidine rings is 1. The summed E-state index contributed by atoms with van der Waals surface area (Å²) in [7, 11) is -1.62. The normalized spacial score (nSPS) is 29.4. The van der Waals surface area contributed by atoms with E-state index in [2.05, 4.69) is 0 Å². The predicted octanol–water partition coefficient (Wildman–Crippen LogP) is 2.45. The third-order valence-corrected chi connectivity index (χ3v) is 6.77. The monoisotopic (exact) mass is 308 g/mol. The Morgan fingerprint density at radius 3 is 2.63 bits per heavy atom. The van der Waals surface area contributed by atoms with Crippen molar-refractivity contribution >= 4 is 21.8 Å². The first-order chi connectivity index (χ1) is 9.07. The molecule has 0 aromatic rings. The molecule has 1 aliphatic heterocycles. The number of fused-ring (bicyclic) bond motifs is 1. The van der Waals surface area contributed by atoms with Gasteiger partial charge in [-0.2, -0.15) is 17.0 Å². The van der Waals surface area contributed by atoms with Gasteiger partial charge in [0, 0.05) is 32.1 Å². The molecule has 0 N–H and O–H groups in total. The lowest BCUT2D eigenvalue weighted by Gasteiger charge is -2.44. The van der Waals surface area contributed by atoms with Crippen molar-refractivity contribution in [3.63, 3.8) is 0 Å². The summed E-state index contributed by atoms with van der Waals surface area (Å²) in [4.78, 5) is 0. The summed E-state index contributed by atoms with van der Waals surface area (Å²) in [5.41, 5.74) is 0. The summed E-state index contributed by atoms with van der Waals surface area (Å²) in [5, 5.41) is 0. The second-order valence-electron chi connectivity index (χ2n) is 5.74. The maximum atomic E-state index is 12.7. The second kappa shape index (κ2) is 6.74. The van der Waals surface area contributed by atoms with Gasteiger partial charge in [-0.15, -0.1) is 11.6 Å². The quantitative estimate of drug-likeness (QED) is 0.732. The molecule has 0 amide bonds. The molecule has 0 bridgehead atoms. The Morgan fingerprint density at radius 1 is 1.21 bits per heavy atom. The Labute approximate surface area is 122 Å². The number of hydrogen-bond donors (Lipinski definition) is 0. The first-order valence-electron chi connectivity index (χ1n) is 7.36. The van der Waals surface area contributed by atoms with E-state index in [0.29, 0.717) is 31.3 Å². The van der Waals surface area contributed by atoms with E-state index < -0.39 is 10.2 Å². The lowest BCUT2D eigenvalue weighted by molar-refractivity contribution is 0.123. The molecule has 19 heavy (non-hydrogen) atoms. The lowest BCUT2D eigenvalue weighted by Crippen LogP contribution is -2.53. The molecule has 1 heterocycles. The highest BCUT2D eigenvalue weighted by molar-refractivity contribution is 7.86. The van der Waals surface area contributed by atoms with Gasteiger partial charge in [-0.25, -0.2) is 0 Å². The van der Waals surface area contributed by atoms with E-state index in [4.69, 9.17) is 11.6 Å². The van der Waals surface area contributed by atoms with Gasteiger partial charge in [0.2, 0.25) is 0 Å². The van der Waals surface area contributed by atoms with Gasteiger partial charge in [0.15, 0.2) is 0 Å². The van der Waals surface area contributed by atoms with Crippen molar-refractivity contribution in [2.24, 2.45) is 5.92 Å². The van der Waals surface area contributed by atoms with Gasteiger partial charge in [-0.05, 0) is 38.0 Å². The molecule has 2 unspecified atom stereocenters. The summed E-state index contributed by atoms with van der Waals surface area (Å²) in [6, 6.07) is 0.242. The Kier molecular flexibility index (Phi) is 5.52. The molecule has 0 aromatic heterocycles. The summed E-state index contributed by atoms with van der Waals surface area (Å²) in [5.74, 6) is 1.09. The van der Waals surface area contributed by atoms with Gasteiger partial charge in [0.1, 0.15) is 0 Å². The number of rotatable bonds is 5. The highest BCUT2D eigenvalue weighted by atomic mass is 35.5. The summed E-state index contributed by atoms with van der Waals surface area (Å²) in [6.07, 6.45) is 7.57. The van der Waals surface area contributed by atoms with Crippen LogP contribution in [0, 0.1) is 5.92 Å². The van der Waals surface area contributed by atoms with Crippen LogP contribution in [0.4, 0.5) is 0 Å². The molecule has 2 fully saturated rings. The van der Waals surface area contributed by atoms with Gasteiger partial charge < -0.3 is 0 Å². The number of halogens is 1. The molecule has 1 saturated heterocycles. The zero-order valence-corrected chi connectivity index (χ0v) is 13.3. The van der Waals surface area contributed by atoms with Crippen LogP contribution in [0.25, 0.3) is 0 Å². The van der Waals surface area contributed by atoms with Crippen LogP contribution >= 0.6 is 11.6 Å². The Hall–Kier alpha value is 0.160. The van der Waals surface area contributed by atoms with Gasteiger partial charge in [0.25, 0.3) is 10.2 Å². The smallest absolute Gasteiger partial charge is 0.195 e. The van der Waals surface area contributed by atoms with Crippen LogP contribution in [0.5, 0.6) is 0 Å². The van der Waals surface area contributed by atoms with Crippen LogP contribution < -0.4 is 0 Å². The van der Waals surface area contributed by atoms with E-state index in [1.165, 1.54) is 30.0 Å². The molecule has 2 atom stereocenters. The van der Waals surface area contributed by atoms with Crippen LogP contribution in [-0.4, -0.2) is 49.1 Å². The minimum absolute atomic E-state index is 0.242. The molecule has 2 rings (SSSR count). The van der Waals surface area contributed by atoms with Crippen molar-refractivity contribution in [3.8, 4) is 0 Å². The van der Waals surface area contributed by atoms with Crippen molar-refractivity contribution in [2.45, 2.75) is 51.0 Å². The molecule has 0 spiro atoms. The molecule has 4 nitrogen and oxygen atoms in total. The van der Waals surface area contributed by atoms with E-state index in [-0.39, 0.29) is 6.04 Å². The average molecular weight is 309 g/mol. The van der Waals surface area contributed by atoms with E-state index >= 15 is 0 Å². The molecule has 0 aromatic carbocycles. The number of alkyl halides is 1. The Morgan fingerprint density at radius 2 is 1.89 bits per heavy atom. The molecule has 6 heteroatoms. The molecule has 1 saturated carbocycles. The topological polar surface area (TPSA) is 40.6 Å². The van der Waals surface area contributed by atoms with Crippen molar-refractivity contribution < 1.29 is 8.42 Å². The molecule has 0 radical (unpaired) electrons. The summed E-state index contributed by atoms with van der Waals surface area (Å²) < 4.78 is 28.6. The van der Waals surface area contributed by atoms with E-state index in [0.717, 1.165) is 12.8 Å². The zero-order valence-electron chi connectivity index (χ0n) is 11.7. The first-order valence-corrected chi connectivity index (χ1v) is 9.29. The zero-order chi connectivity index (χ0) is 13.9. The van der Waals surface area contributed by atoms with Crippen LogP contribution in [-0.2, 0) is 10.2 Å². The molecule has 1 aliphatic carbocycles. The maximum absolute atomic E-state index is 12.7. The van der Waals surface area contributed by atoms with Crippen molar-refractivity contribution in [3.05, 3.63) is 0 Å². The minimum Gasteiger partial charge on any atom is -0.195 e. The molecule has 2 aliphatic rings. The highest BCUT2D eigenvalue weighted by Gasteiger charge is 2.40. The number of nitrogens with zero attached hydrogens (tertiary/aromatic N) is 2. The fraction of sp³-hybridized carbons (Fsp3) is 1.00. The minimum atomic E-state index is -3.30. The lowest BCUT2D eigenvalue weighted by atomic mass is 9.79.